The Bertz CT molecular complexity index is 903. The third-order valence-electron chi connectivity index (χ3n) is 5.64. The van der Waals surface area contributed by atoms with Gasteiger partial charge in [-0.2, -0.15) is 0 Å². The minimum atomic E-state index is -1.86. The monoisotopic (exact) mass is 336 g/mol. The number of carbonyl (C=O) groups excluding carboxylic acids is 2. The lowest BCUT2D eigenvalue weighted by Gasteiger charge is -2.20. The Morgan fingerprint density at radius 3 is 2.36 bits per heavy atom. The van der Waals surface area contributed by atoms with E-state index in [4.69, 9.17) is 4.74 Å². The Morgan fingerprint density at radius 1 is 1.08 bits per heavy atom. The van der Waals surface area contributed by atoms with E-state index in [-0.39, 0.29) is 12.2 Å². The SMILES string of the molecule is CCC1(C(=O)c2ccccc2)C2c3ccccc3OC(=O)C21C(=O)O. The molecule has 0 spiro atoms. The largest absolute Gasteiger partial charge is 0.480 e. The number of hydrogen-bond donors (Lipinski definition) is 1. The van der Waals surface area contributed by atoms with Gasteiger partial charge in [-0.3, -0.25) is 14.4 Å². The van der Waals surface area contributed by atoms with Crippen molar-refractivity contribution in [2.75, 3.05) is 0 Å². The number of ether oxygens (including phenoxy) is 1. The second kappa shape index (κ2) is 5.02. The number of carbonyl (C=O) groups is 3. The van der Waals surface area contributed by atoms with Crippen LogP contribution in [-0.4, -0.2) is 22.8 Å². The molecule has 1 fully saturated rings. The average Bonchev–Trinajstić information content (AvgIpc) is 3.29. The number of esters is 1. The summed E-state index contributed by atoms with van der Waals surface area (Å²) in [6.07, 6.45) is 0.237. The van der Waals surface area contributed by atoms with Crippen LogP contribution in [0.3, 0.4) is 0 Å². The van der Waals surface area contributed by atoms with Crippen molar-refractivity contribution < 1.29 is 24.2 Å². The number of carboxylic acid groups (broad SMARTS) is 1. The fourth-order valence-corrected chi connectivity index (χ4v) is 4.53. The highest BCUT2D eigenvalue weighted by molar-refractivity contribution is 6.19. The van der Waals surface area contributed by atoms with E-state index in [1.54, 1.807) is 61.5 Å². The van der Waals surface area contributed by atoms with Crippen molar-refractivity contribution in [2.45, 2.75) is 19.3 Å². The summed E-state index contributed by atoms with van der Waals surface area (Å²) in [5, 5.41) is 9.94. The van der Waals surface area contributed by atoms with E-state index in [9.17, 15) is 19.5 Å². The van der Waals surface area contributed by atoms with Crippen LogP contribution in [0.1, 0.15) is 35.2 Å². The third kappa shape index (κ3) is 1.65. The van der Waals surface area contributed by atoms with Crippen molar-refractivity contribution in [1.82, 2.24) is 0 Å². The molecule has 0 amide bonds. The summed E-state index contributed by atoms with van der Waals surface area (Å²) >= 11 is 0. The summed E-state index contributed by atoms with van der Waals surface area (Å²) in [6, 6.07) is 15.4. The van der Waals surface area contributed by atoms with Crippen LogP contribution < -0.4 is 4.74 Å². The number of rotatable bonds is 4. The van der Waals surface area contributed by atoms with Gasteiger partial charge < -0.3 is 9.84 Å². The Labute approximate surface area is 144 Å². The van der Waals surface area contributed by atoms with Crippen molar-refractivity contribution in [3.63, 3.8) is 0 Å². The second-order valence-electron chi connectivity index (χ2n) is 6.49. The molecular formula is C20H16O5. The van der Waals surface area contributed by atoms with Crippen molar-refractivity contribution in [2.24, 2.45) is 10.8 Å². The molecule has 1 heterocycles. The molecule has 1 saturated carbocycles. The van der Waals surface area contributed by atoms with Crippen LogP contribution in [0, 0.1) is 10.8 Å². The first-order valence-electron chi connectivity index (χ1n) is 8.16. The van der Waals surface area contributed by atoms with Crippen LogP contribution in [-0.2, 0) is 9.59 Å². The highest BCUT2D eigenvalue weighted by Gasteiger charge is 2.89. The molecule has 0 saturated heterocycles. The molecule has 0 aromatic heterocycles. The summed E-state index contributed by atoms with van der Waals surface area (Å²) < 4.78 is 5.32. The number of aliphatic carboxylic acids is 1. The molecular weight excluding hydrogens is 320 g/mol. The van der Waals surface area contributed by atoms with Gasteiger partial charge >= 0.3 is 11.9 Å². The minimum absolute atomic E-state index is 0.237. The highest BCUT2D eigenvalue weighted by Crippen LogP contribution is 2.79. The fourth-order valence-electron chi connectivity index (χ4n) is 4.53. The van der Waals surface area contributed by atoms with E-state index < -0.39 is 28.7 Å². The zero-order valence-corrected chi connectivity index (χ0v) is 13.6. The van der Waals surface area contributed by atoms with E-state index in [2.05, 4.69) is 0 Å². The van der Waals surface area contributed by atoms with E-state index in [1.807, 2.05) is 0 Å². The van der Waals surface area contributed by atoms with E-state index in [1.165, 1.54) is 0 Å². The first-order valence-corrected chi connectivity index (χ1v) is 8.16. The summed E-state index contributed by atoms with van der Waals surface area (Å²) in [5.74, 6) is -2.85. The third-order valence-corrected chi connectivity index (χ3v) is 5.64. The molecule has 2 aromatic rings. The van der Waals surface area contributed by atoms with Crippen LogP contribution >= 0.6 is 0 Å². The average molecular weight is 336 g/mol. The molecule has 3 unspecified atom stereocenters. The maximum Gasteiger partial charge on any atom is 0.330 e. The number of benzene rings is 2. The Balaban J connectivity index is 1.96. The number of para-hydroxylation sites is 1. The summed E-state index contributed by atoms with van der Waals surface area (Å²) in [5.41, 5.74) is -2.17. The Kier molecular flexibility index (Phi) is 3.13. The standard InChI is InChI=1S/C20H16O5/c1-2-19(16(21)12-8-4-3-5-9-12)15-13-10-6-7-11-14(13)25-18(24)20(15,19)17(22)23/h3-11,15H,2H2,1H3,(H,22,23). The Hall–Kier alpha value is -2.95. The van der Waals surface area contributed by atoms with Gasteiger partial charge in [0, 0.05) is 17.0 Å². The van der Waals surface area contributed by atoms with E-state index in [0.29, 0.717) is 16.9 Å². The number of fused-ring (bicyclic) bond motifs is 3. The molecule has 1 aliphatic heterocycles. The first kappa shape index (κ1) is 15.6. The van der Waals surface area contributed by atoms with Crippen LogP contribution in [0.2, 0.25) is 0 Å². The molecule has 2 aromatic carbocycles. The normalized spacial score (nSPS) is 29.2. The molecule has 5 nitrogen and oxygen atoms in total. The molecule has 5 heteroatoms. The number of hydrogen-bond acceptors (Lipinski definition) is 4. The predicted octanol–water partition coefficient (Wildman–Crippen LogP) is 3.05. The Morgan fingerprint density at radius 2 is 1.72 bits per heavy atom. The van der Waals surface area contributed by atoms with Gasteiger partial charge in [0.15, 0.2) is 11.2 Å². The van der Waals surface area contributed by atoms with Gasteiger partial charge in [0.05, 0.1) is 5.41 Å². The zero-order valence-electron chi connectivity index (χ0n) is 13.6. The topological polar surface area (TPSA) is 80.7 Å². The second-order valence-corrected chi connectivity index (χ2v) is 6.49. The van der Waals surface area contributed by atoms with Gasteiger partial charge in [0.2, 0.25) is 0 Å². The first-order chi connectivity index (χ1) is 12.0. The van der Waals surface area contributed by atoms with Crippen molar-refractivity contribution in [3.05, 3.63) is 65.7 Å². The maximum atomic E-state index is 13.3. The predicted molar refractivity (Wildman–Crippen MR) is 88.4 cm³/mol. The van der Waals surface area contributed by atoms with Gasteiger partial charge in [0.25, 0.3) is 0 Å². The van der Waals surface area contributed by atoms with Crippen molar-refractivity contribution in [3.8, 4) is 5.75 Å². The molecule has 2 aliphatic rings. The smallest absolute Gasteiger partial charge is 0.330 e. The molecule has 0 bridgehead atoms. The van der Waals surface area contributed by atoms with Crippen LogP contribution in [0.5, 0.6) is 5.75 Å². The van der Waals surface area contributed by atoms with Crippen LogP contribution in [0.25, 0.3) is 0 Å². The van der Waals surface area contributed by atoms with Crippen LogP contribution in [0.15, 0.2) is 54.6 Å². The lowest BCUT2D eigenvalue weighted by atomic mass is 9.83. The van der Waals surface area contributed by atoms with Gasteiger partial charge in [-0.05, 0) is 12.5 Å². The lowest BCUT2D eigenvalue weighted by molar-refractivity contribution is -0.158. The van der Waals surface area contributed by atoms with Gasteiger partial charge in [0.1, 0.15) is 5.75 Å². The molecule has 1 aliphatic carbocycles. The quantitative estimate of drug-likeness (QED) is 0.402. The molecule has 1 N–H and O–H groups in total. The number of carboxylic acids is 1. The van der Waals surface area contributed by atoms with E-state index >= 15 is 0 Å². The molecule has 25 heavy (non-hydrogen) atoms. The number of Topliss-reactive ketones (excluding diaryl/α,β-unsaturated/α-hetero) is 1. The molecule has 0 radical (unpaired) electrons. The van der Waals surface area contributed by atoms with Gasteiger partial charge in [-0.1, -0.05) is 55.5 Å². The minimum Gasteiger partial charge on any atom is -0.480 e. The summed E-state index contributed by atoms with van der Waals surface area (Å²) in [7, 11) is 0. The zero-order chi connectivity index (χ0) is 17.8. The fraction of sp³-hybridized carbons (Fsp3) is 0.250. The number of ketones is 1. The molecule has 3 atom stereocenters. The molecule has 126 valence electrons. The van der Waals surface area contributed by atoms with Crippen molar-refractivity contribution >= 4 is 17.7 Å². The molecule has 4 rings (SSSR count). The highest BCUT2D eigenvalue weighted by atomic mass is 16.5. The maximum absolute atomic E-state index is 13.3. The lowest BCUT2D eigenvalue weighted by Crippen LogP contribution is -2.39. The van der Waals surface area contributed by atoms with Crippen LogP contribution in [0.4, 0.5) is 0 Å². The van der Waals surface area contributed by atoms with Crippen molar-refractivity contribution in [1.29, 1.82) is 0 Å². The van der Waals surface area contributed by atoms with Gasteiger partial charge in [-0.25, -0.2) is 0 Å². The van der Waals surface area contributed by atoms with E-state index in [0.717, 1.165) is 0 Å². The van der Waals surface area contributed by atoms with Gasteiger partial charge in [-0.15, -0.1) is 0 Å². The summed E-state index contributed by atoms with van der Waals surface area (Å²) in [4.78, 5) is 38.2. The summed E-state index contributed by atoms with van der Waals surface area (Å²) in [6.45, 7) is 1.75.